The van der Waals surface area contributed by atoms with E-state index in [0.717, 1.165) is 18.9 Å². The Morgan fingerprint density at radius 2 is 2.16 bits per heavy atom. The molecule has 0 unspecified atom stereocenters. The molecular weight excluding hydrogens is 348 g/mol. The van der Waals surface area contributed by atoms with Crippen LogP contribution in [-0.2, 0) is 14.8 Å². The van der Waals surface area contributed by atoms with E-state index in [1.54, 1.807) is 0 Å². The maximum atomic E-state index is 12.8. The molecule has 1 atom stereocenters. The van der Waals surface area contributed by atoms with E-state index < -0.39 is 14.9 Å². The number of rotatable bonds is 6. The van der Waals surface area contributed by atoms with Crippen molar-refractivity contribution in [3.63, 3.8) is 0 Å². The van der Waals surface area contributed by atoms with E-state index in [4.69, 9.17) is 0 Å². The first kappa shape index (κ1) is 19.1. The number of amides is 1. The number of carbonyl (C=O) groups is 1. The molecule has 0 saturated carbocycles. The number of carbonyl (C=O) groups excluding carboxylic acids is 1. The number of piperidine rings is 1. The van der Waals surface area contributed by atoms with Gasteiger partial charge in [-0.3, -0.25) is 14.9 Å². The predicted octanol–water partition coefficient (Wildman–Crippen LogP) is 1.17. The molecule has 0 aliphatic carbocycles. The molecule has 10 heteroatoms. The van der Waals surface area contributed by atoms with Crippen molar-refractivity contribution in [1.29, 1.82) is 0 Å². The second-order valence-electron chi connectivity index (χ2n) is 6.07. The average molecular weight is 370 g/mol. The van der Waals surface area contributed by atoms with Crippen molar-refractivity contribution in [1.82, 2.24) is 9.62 Å². The van der Waals surface area contributed by atoms with Gasteiger partial charge in [0.1, 0.15) is 5.69 Å². The van der Waals surface area contributed by atoms with E-state index in [1.165, 1.54) is 23.5 Å². The predicted molar refractivity (Wildman–Crippen MR) is 92.8 cm³/mol. The third-order valence-corrected chi connectivity index (χ3v) is 6.00. The van der Waals surface area contributed by atoms with Gasteiger partial charge in [0, 0.05) is 26.2 Å². The van der Waals surface area contributed by atoms with Gasteiger partial charge in [-0.05, 0) is 30.9 Å². The first-order valence-corrected chi connectivity index (χ1v) is 9.42. The zero-order chi connectivity index (χ0) is 18.6. The van der Waals surface area contributed by atoms with Gasteiger partial charge < -0.3 is 10.6 Å². The fourth-order valence-electron chi connectivity index (χ4n) is 2.75. The quantitative estimate of drug-likeness (QED) is 0.573. The van der Waals surface area contributed by atoms with E-state index in [0.29, 0.717) is 13.1 Å². The standard InChI is InChI=1S/C15H22N4O5S/c1-11-4-3-7-18(10-11)25(23,24)12-5-6-13(14(8-12)19(21)22)17-9-15(20)16-2/h5-6,8,11,17H,3-4,7,9-10H2,1-2H3,(H,16,20)/t11-/m1/s1. The second kappa shape index (κ2) is 7.79. The lowest BCUT2D eigenvalue weighted by atomic mass is 10.0. The molecule has 0 radical (unpaired) electrons. The summed E-state index contributed by atoms with van der Waals surface area (Å²) in [6.45, 7) is 2.66. The molecule has 1 heterocycles. The zero-order valence-corrected chi connectivity index (χ0v) is 15.0. The molecule has 25 heavy (non-hydrogen) atoms. The Kier molecular flexibility index (Phi) is 5.96. The Balaban J connectivity index is 2.31. The largest absolute Gasteiger partial charge is 0.371 e. The van der Waals surface area contributed by atoms with Gasteiger partial charge in [-0.25, -0.2) is 8.42 Å². The summed E-state index contributed by atoms with van der Waals surface area (Å²) in [4.78, 5) is 21.8. The van der Waals surface area contributed by atoms with Crippen molar-refractivity contribution in [2.75, 3.05) is 32.0 Å². The number of anilines is 1. The first-order chi connectivity index (χ1) is 11.8. The van der Waals surface area contributed by atoms with E-state index in [2.05, 4.69) is 10.6 Å². The van der Waals surface area contributed by atoms with Crippen LogP contribution in [0.4, 0.5) is 11.4 Å². The summed E-state index contributed by atoms with van der Waals surface area (Å²) in [6, 6.07) is 3.69. The molecule has 2 rings (SSSR count). The Morgan fingerprint density at radius 1 is 1.44 bits per heavy atom. The average Bonchev–Trinajstić information content (AvgIpc) is 2.59. The van der Waals surface area contributed by atoms with Gasteiger partial charge in [0.25, 0.3) is 5.69 Å². The number of likely N-dealkylation sites (N-methyl/N-ethyl adjacent to an activating group) is 1. The topological polar surface area (TPSA) is 122 Å². The summed E-state index contributed by atoms with van der Waals surface area (Å²) < 4.78 is 26.9. The highest BCUT2D eigenvalue weighted by atomic mass is 32.2. The van der Waals surface area contributed by atoms with Crippen LogP contribution in [0.3, 0.4) is 0 Å². The van der Waals surface area contributed by atoms with Crippen LogP contribution in [-0.4, -0.2) is 50.2 Å². The van der Waals surface area contributed by atoms with E-state index in [9.17, 15) is 23.3 Å². The maximum absolute atomic E-state index is 12.8. The van der Waals surface area contributed by atoms with Gasteiger partial charge in [0.15, 0.2) is 0 Å². The molecule has 0 bridgehead atoms. The lowest BCUT2D eigenvalue weighted by Gasteiger charge is -2.30. The second-order valence-corrected chi connectivity index (χ2v) is 8.01. The van der Waals surface area contributed by atoms with Crippen molar-refractivity contribution in [3.8, 4) is 0 Å². The number of nitrogens with one attached hydrogen (secondary N) is 2. The van der Waals surface area contributed by atoms with Gasteiger partial charge in [-0.15, -0.1) is 0 Å². The van der Waals surface area contributed by atoms with Crippen LogP contribution in [0.2, 0.25) is 0 Å². The number of nitrogens with zero attached hydrogens (tertiary/aromatic N) is 2. The minimum Gasteiger partial charge on any atom is -0.371 e. The summed E-state index contributed by atoms with van der Waals surface area (Å²) in [7, 11) is -2.33. The number of nitro groups is 1. The minimum atomic E-state index is -3.78. The Morgan fingerprint density at radius 3 is 2.76 bits per heavy atom. The van der Waals surface area contributed by atoms with E-state index in [1.807, 2.05) is 6.92 Å². The van der Waals surface area contributed by atoms with Crippen LogP contribution in [0.1, 0.15) is 19.8 Å². The van der Waals surface area contributed by atoms with Gasteiger partial charge >= 0.3 is 0 Å². The smallest absolute Gasteiger partial charge is 0.293 e. The van der Waals surface area contributed by atoms with Crippen molar-refractivity contribution in [2.45, 2.75) is 24.7 Å². The lowest BCUT2D eigenvalue weighted by Crippen LogP contribution is -2.39. The molecule has 2 N–H and O–H groups in total. The summed E-state index contributed by atoms with van der Waals surface area (Å²) in [6.07, 6.45) is 1.74. The molecule has 1 amide bonds. The van der Waals surface area contributed by atoms with Crippen molar-refractivity contribution in [3.05, 3.63) is 28.3 Å². The summed E-state index contributed by atoms with van der Waals surface area (Å²) >= 11 is 0. The first-order valence-electron chi connectivity index (χ1n) is 7.98. The van der Waals surface area contributed by atoms with Crippen LogP contribution in [0, 0.1) is 16.0 Å². The number of nitro benzene ring substituents is 1. The monoisotopic (exact) mass is 370 g/mol. The fraction of sp³-hybridized carbons (Fsp3) is 0.533. The van der Waals surface area contributed by atoms with Crippen molar-refractivity contribution >= 4 is 27.3 Å². The van der Waals surface area contributed by atoms with Crippen LogP contribution >= 0.6 is 0 Å². The number of hydrogen-bond donors (Lipinski definition) is 2. The normalized spacial score (nSPS) is 18.6. The van der Waals surface area contributed by atoms with Crippen LogP contribution in [0.5, 0.6) is 0 Å². The summed E-state index contributed by atoms with van der Waals surface area (Å²) in [5.74, 6) is -0.0830. The molecule has 1 aromatic rings. The number of sulfonamides is 1. The molecule has 1 aliphatic heterocycles. The molecule has 1 fully saturated rings. The molecule has 0 spiro atoms. The van der Waals surface area contributed by atoms with Crippen LogP contribution in [0.15, 0.2) is 23.1 Å². The van der Waals surface area contributed by atoms with Gasteiger partial charge in [-0.1, -0.05) is 6.92 Å². The molecular formula is C15H22N4O5S. The van der Waals surface area contributed by atoms with Crippen LogP contribution < -0.4 is 10.6 Å². The zero-order valence-electron chi connectivity index (χ0n) is 14.2. The highest BCUT2D eigenvalue weighted by Crippen LogP contribution is 2.30. The van der Waals surface area contributed by atoms with Crippen molar-refractivity contribution < 1.29 is 18.1 Å². The molecule has 1 saturated heterocycles. The summed E-state index contributed by atoms with van der Waals surface area (Å²) in [5.41, 5.74) is -0.283. The lowest BCUT2D eigenvalue weighted by molar-refractivity contribution is -0.384. The van der Waals surface area contributed by atoms with E-state index >= 15 is 0 Å². The molecule has 9 nitrogen and oxygen atoms in total. The maximum Gasteiger partial charge on any atom is 0.293 e. The minimum absolute atomic E-state index is 0.0968. The number of benzene rings is 1. The third-order valence-electron chi connectivity index (χ3n) is 4.14. The molecule has 138 valence electrons. The van der Waals surface area contributed by atoms with Gasteiger partial charge in [0.05, 0.1) is 16.4 Å². The Bertz CT molecular complexity index is 765. The van der Waals surface area contributed by atoms with Gasteiger partial charge in [0.2, 0.25) is 15.9 Å². The van der Waals surface area contributed by atoms with Crippen LogP contribution in [0.25, 0.3) is 0 Å². The SMILES string of the molecule is CNC(=O)CNc1ccc(S(=O)(=O)N2CCC[C@@H](C)C2)cc1[N+](=O)[O-]. The highest BCUT2D eigenvalue weighted by Gasteiger charge is 2.30. The Labute approximate surface area is 146 Å². The van der Waals surface area contributed by atoms with E-state index in [-0.39, 0.29) is 34.6 Å². The molecule has 1 aliphatic rings. The molecule has 0 aromatic heterocycles. The number of hydrogen-bond acceptors (Lipinski definition) is 6. The fourth-order valence-corrected chi connectivity index (χ4v) is 4.37. The Hall–Kier alpha value is -2.20. The third kappa shape index (κ3) is 4.45. The highest BCUT2D eigenvalue weighted by molar-refractivity contribution is 7.89. The van der Waals surface area contributed by atoms with Gasteiger partial charge in [-0.2, -0.15) is 4.31 Å². The summed E-state index contributed by atoms with van der Waals surface area (Å²) in [5, 5.41) is 16.3. The van der Waals surface area contributed by atoms with Crippen molar-refractivity contribution in [2.24, 2.45) is 5.92 Å². The molecule has 1 aromatic carbocycles.